The molecule has 1 saturated carbocycles. The number of rotatable bonds is 7. The van der Waals surface area contributed by atoms with Gasteiger partial charge < -0.3 is 10.6 Å². The Morgan fingerprint density at radius 2 is 1.85 bits per heavy atom. The summed E-state index contributed by atoms with van der Waals surface area (Å²) in [6.45, 7) is 2.72. The monoisotopic (exact) mass is 393 g/mol. The second-order valence-electron chi connectivity index (χ2n) is 7.31. The fourth-order valence-electron chi connectivity index (χ4n) is 3.26. The third kappa shape index (κ3) is 5.29. The second-order valence-corrected chi connectivity index (χ2v) is 9.40. The Morgan fingerprint density at radius 1 is 1.15 bits per heavy atom. The number of amides is 2. The van der Waals surface area contributed by atoms with Gasteiger partial charge in [0, 0.05) is 36.3 Å². The van der Waals surface area contributed by atoms with Gasteiger partial charge in [0.15, 0.2) is 0 Å². The van der Waals surface area contributed by atoms with Crippen LogP contribution in [-0.4, -0.2) is 49.4 Å². The smallest absolute Gasteiger partial charge is 0.251 e. The summed E-state index contributed by atoms with van der Waals surface area (Å²) in [5.74, 6) is 0.0842. The topological polar surface area (TPSA) is 95.6 Å². The van der Waals surface area contributed by atoms with E-state index in [0.717, 1.165) is 12.8 Å². The highest BCUT2D eigenvalue weighted by atomic mass is 32.2. The lowest BCUT2D eigenvalue weighted by molar-refractivity contribution is -0.117. The average molecular weight is 394 g/mol. The number of sulfonamides is 1. The largest absolute Gasteiger partial charge is 0.349 e. The summed E-state index contributed by atoms with van der Waals surface area (Å²) < 4.78 is 25.8. The number of carbonyl (C=O) groups excluding carboxylic acids is 2. The first-order valence-electron chi connectivity index (χ1n) is 9.58. The maximum Gasteiger partial charge on any atom is 0.251 e. The number of anilines is 1. The van der Waals surface area contributed by atoms with Crippen molar-refractivity contribution >= 4 is 27.5 Å². The van der Waals surface area contributed by atoms with Gasteiger partial charge in [0.1, 0.15) is 0 Å². The van der Waals surface area contributed by atoms with E-state index < -0.39 is 10.0 Å². The molecule has 0 radical (unpaired) electrons. The van der Waals surface area contributed by atoms with Crippen LogP contribution in [0.25, 0.3) is 0 Å². The van der Waals surface area contributed by atoms with Crippen LogP contribution >= 0.6 is 0 Å². The van der Waals surface area contributed by atoms with Crippen molar-refractivity contribution < 1.29 is 18.0 Å². The van der Waals surface area contributed by atoms with Crippen LogP contribution in [0.4, 0.5) is 5.69 Å². The van der Waals surface area contributed by atoms with Crippen molar-refractivity contribution in [2.24, 2.45) is 5.92 Å². The predicted octanol–water partition coefficient (Wildman–Crippen LogP) is 1.97. The zero-order valence-electron chi connectivity index (χ0n) is 15.6. The van der Waals surface area contributed by atoms with E-state index in [0.29, 0.717) is 43.6 Å². The highest BCUT2D eigenvalue weighted by Crippen LogP contribution is 2.30. The second kappa shape index (κ2) is 8.39. The zero-order valence-corrected chi connectivity index (χ0v) is 16.4. The van der Waals surface area contributed by atoms with Gasteiger partial charge in [0.25, 0.3) is 5.91 Å². The Morgan fingerprint density at radius 3 is 2.48 bits per heavy atom. The van der Waals surface area contributed by atoms with E-state index in [-0.39, 0.29) is 29.5 Å². The first kappa shape index (κ1) is 19.8. The predicted molar refractivity (Wildman–Crippen MR) is 104 cm³/mol. The molecule has 2 aliphatic rings. The number of hydrogen-bond acceptors (Lipinski definition) is 4. The van der Waals surface area contributed by atoms with Gasteiger partial charge in [-0.05, 0) is 50.3 Å². The summed E-state index contributed by atoms with van der Waals surface area (Å²) >= 11 is 0. The number of benzene rings is 1. The number of nitrogens with one attached hydrogen (secondary N) is 2. The highest BCUT2D eigenvalue weighted by molar-refractivity contribution is 7.89. The van der Waals surface area contributed by atoms with E-state index in [1.807, 2.05) is 6.92 Å². The molecule has 0 unspecified atom stereocenters. The summed E-state index contributed by atoms with van der Waals surface area (Å²) in [6, 6.07) is 6.86. The van der Waals surface area contributed by atoms with E-state index in [9.17, 15) is 18.0 Å². The number of piperidine rings is 1. The molecular formula is C19H27N3O4S. The molecular weight excluding hydrogens is 366 g/mol. The van der Waals surface area contributed by atoms with Gasteiger partial charge in [-0.25, -0.2) is 12.7 Å². The molecule has 3 rings (SSSR count). The van der Waals surface area contributed by atoms with E-state index in [1.54, 1.807) is 24.3 Å². The van der Waals surface area contributed by atoms with Gasteiger partial charge in [-0.1, -0.05) is 13.0 Å². The number of nitrogens with zero attached hydrogens (tertiary/aromatic N) is 1. The minimum atomic E-state index is -3.18. The molecule has 7 nitrogen and oxygen atoms in total. The molecule has 1 aromatic rings. The molecule has 2 amide bonds. The lowest BCUT2D eigenvalue weighted by Gasteiger charge is -2.31. The van der Waals surface area contributed by atoms with Gasteiger partial charge in [-0.2, -0.15) is 0 Å². The first-order valence-corrected chi connectivity index (χ1v) is 11.2. The van der Waals surface area contributed by atoms with Crippen LogP contribution in [0.2, 0.25) is 0 Å². The normalized spacial score (nSPS) is 18.9. The Balaban J connectivity index is 1.53. The van der Waals surface area contributed by atoms with Crippen LogP contribution < -0.4 is 10.6 Å². The quantitative estimate of drug-likeness (QED) is 0.740. The van der Waals surface area contributed by atoms with Gasteiger partial charge >= 0.3 is 0 Å². The van der Waals surface area contributed by atoms with E-state index in [4.69, 9.17) is 0 Å². The van der Waals surface area contributed by atoms with Crippen LogP contribution in [0.1, 0.15) is 49.4 Å². The Bertz CT molecular complexity index is 797. The number of hydrogen-bond donors (Lipinski definition) is 2. The van der Waals surface area contributed by atoms with Gasteiger partial charge in [-0.3, -0.25) is 9.59 Å². The Kier molecular flexibility index (Phi) is 6.16. The molecule has 1 saturated heterocycles. The third-order valence-corrected chi connectivity index (χ3v) is 7.06. The SMILES string of the molecule is CCCS(=O)(=O)N1CCC(NC(=O)c2cccc(NC(=O)C3CC3)c2)CC1. The summed E-state index contributed by atoms with van der Waals surface area (Å²) in [6.07, 6.45) is 3.67. The maximum atomic E-state index is 12.5. The van der Waals surface area contributed by atoms with Crippen molar-refractivity contribution in [3.05, 3.63) is 29.8 Å². The van der Waals surface area contributed by atoms with Crippen LogP contribution in [0.15, 0.2) is 24.3 Å². The fraction of sp³-hybridized carbons (Fsp3) is 0.579. The van der Waals surface area contributed by atoms with Crippen LogP contribution in [0, 0.1) is 5.92 Å². The molecule has 8 heteroatoms. The molecule has 2 fully saturated rings. The van der Waals surface area contributed by atoms with Crippen molar-refractivity contribution in [3.8, 4) is 0 Å². The summed E-state index contributed by atoms with van der Waals surface area (Å²) in [5.41, 5.74) is 1.12. The molecule has 148 valence electrons. The summed E-state index contributed by atoms with van der Waals surface area (Å²) in [4.78, 5) is 24.4. The molecule has 27 heavy (non-hydrogen) atoms. The molecule has 2 N–H and O–H groups in total. The fourth-order valence-corrected chi connectivity index (χ4v) is 4.80. The Hall–Kier alpha value is -1.93. The average Bonchev–Trinajstić information content (AvgIpc) is 3.47. The molecule has 1 aliphatic heterocycles. The lowest BCUT2D eigenvalue weighted by atomic mass is 10.1. The Labute approximate surface area is 160 Å². The molecule has 1 aromatic carbocycles. The molecule has 0 spiro atoms. The van der Waals surface area contributed by atoms with Crippen LogP contribution in [-0.2, 0) is 14.8 Å². The van der Waals surface area contributed by atoms with Crippen molar-refractivity contribution in [2.75, 3.05) is 24.2 Å². The van der Waals surface area contributed by atoms with Crippen molar-refractivity contribution in [3.63, 3.8) is 0 Å². The summed E-state index contributed by atoms with van der Waals surface area (Å²) in [7, 11) is -3.18. The van der Waals surface area contributed by atoms with E-state index in [2.05, 4.69) is 10.6 Å². The van der Waals surface area contributed by atoms with E-state index >= 15 is 0 Å². The van der Waals surface area contributed by atoms with Crippen LogP contribution in [0.5, 0.6) is 0 Å². The minimum absolute atomic E-state index is 0.00761. The first-order chi connectivity index (χ1) is 12.9. The molecule has 0 aromatic heterocycles. The lowest BCUT2D eigenvalue weighted by Crippen LogP contribution is -2.47. The summed E-state index contributed by atoms with van der Waals surface area (Å²) in [5, 5.41) is 5.83. The molecule has 1 aliphatic carbocycles. The van der Waals surface area contributed by atoms with Crippen LogP contribution in [0.3, 0.4) is 0 Å². The van der Waals surface area contributed by atoms with Crippen molar-refractivity contribution in [1.82, 2.24) is 9.62 Å². The van der Waals surface area contributed by atoms with Crippen molar-refractivity contribution in [2.45, 2.75) is 45.1 Å². The molecule has 1 heterocycles. The number of carbonyl (C=O) groups is 2. The maximum absolute atomic E-state index is 12.5. The third-order valence-electron chi connectivity index (χ3n) is 4.99. The van der Waals surface area contributed by atoms with Gasteiger partial charge in [0.05, 0.1) is 5.75 Å². The minimum Gasteiger partial charge on any atom is -0.349 e. The van der Waals surface area contributed by atoms with Gasteiger partial charge in [-0.15, -0.1) is 0 Å². The molecule has 0 atom stereocenters. The molecule has 0 bridgehead atoms. The van der Waals surface area contributed by atoms with Gasteiger partial charge in [0.2, 0.25) is 15.9 Å². The zero-order chi connectivity index (χ0) is 19.4. The highest BCUT2D eigenvalue weighted by Gasteiger charge is 2.30. The van der Waals surface area contributed by atoms with Crippen molar-refractivity contribution in [1.29, 1.82) is 0 Å². The standard InChI is InChI=1S/C19H27N3O4S/c1-2-12-27(25,26)22-10-8-16(9-11-22)20-19(24)15-4-3-5-17(13-15)21-18(23)14-6-7-14/h3-5,13-14,16H,2,6-12H2,1H3,(H,20,24)(H,21,23). The van der Waals surface area contributed by atoms with E-state index in [1.165, 1.54) is 4.31 Å².